The van der Waals surface area contributed by atoms with Crippen molar-refractivity contribution in [2.24, 2.45) is 5.73 Å². The van der Waals surface area contributed by atoms with E-state index in [-0.39, 0.29) is 12.8 Å². The van der Waals surface area contributed by atoms with E-state index in [9.17, 15) is 14.4 Å². The molecular weight excluding hydrogens is 206 g/mol. The summed E-state index contributed by atoms with van der Waals surface area (Å²) in [7, 11) is 0. The van der Waals surface area contributed by atoms with Crippen molar-refractivity contribution in [2.45, 2.75) is 18.9 Å². The molecule has 0 saturated heterocycles. The maximum atomic E-state index is 10.8. The second-order valence-electron chi connectivity index (χ2n) is 2.78. The number of rotatable bonds is 8. The predicted molar refractivity (Wildman–Crippen MR) is 48.6 cm³/mol. The van der Waals surface area contributed by atoms with Crippen molar-refractivity contribution < 1.29 is 24.6 Å². The zero-order valence-corrected chi connectivity index (χ0v) is 7.90. The Balaban J connectivity index is 3.88. The van der Waals surface area contributed by atoms with Crippen molar-refractivity contribution in [3.63, 3.8) is 0 Å². The Morgan fingerprint density at radius 1 is 1.20 bits per heavy atom. The summed E-state index contributed by atoms with van der Waals surface area (Å²) in [5.41, 5.74) is 9.54. The van der Waals surface area contributed by atoms with E-state index in [4.69, 9.17) is 15.9 Å². The van der Waals surface area contributed by atoms with Gasteiger partial charge in [0.25, 0.3) is 0 Å². The lowest BCUT2D eigenvalue weighted by Gasteiger charge is -2.13. The van der Waals surface area contributed by atoms with Crippen LogP contribution < -0.4 is 16.6 Å². The first-order valence-corrected chi connectivity index (χ1v) is 4.14. The van der Waals surface area contributed by atoms with Gasteiger partial charge in [0.05, 0.1) is 0 Å². The molecule has 0 saturated carbocycles. The van der Waals surface area contributed by atoms with Crippen LogP contribution >= 0.6 is 0 Å². The second-order valence-corrected chi connectivity index (χ2v) is 2.78. The fourth-order valence-electron chi connectivity index (χ4n) is 0.803. The number of amides is 1. The smallest absolute Gasteiger partial charge is 0.318 e. The average molecular weight is 219 g/mol. The average Bonchev–Trinajstić information content (AvgIpc) is 2.09. The van der Waals surface area contributed by atoms with Crippen LogP contribution in [0.4, 0.5) is 0 Å². The molecule has 8 heteroatoms. The Kier molecular flexibility index (Phi) is 5.99. The van der Waals surface area contributed by atoms with Crippen molar-refractivity contribution in [3.05, 3.63) is 0 Å². The standard InChI is InChI=1S/C7H13N3O5/c8-7(15)4(1-2-5(11)12)10-9-3-6(13)14/h4,9-10H,1-3H2,(H2,8,15)(H,11,12)(H,13,14)/t4-/m0/s1. The van der Waals surface area contributed by atoms with E-state index in [1.54, 1.807) is 0 Å². The Bertz CT molecular complexity index is 255. The molecule has 86 valence electrons. The van der Waals surface area contributed by atoms with Gasteiger partial charge in [0, 0.05) is 6.42 Å². The van der Waals surface area contributed by atoms with Crippen molar-refractivity contribution in [1.82, 2.24) is 10.9 Å². The zero-order chi connectivity index (χ0) is 11.8. The summed E-state index contributed by atoms with van der Waals surface area (Å²) in [5, 5.41) is 16.6. The van der Waals surface area contributed by atoms with Gasteiger partial charge in [-0.25, -0.2) is 10.9 Å². The normalized spacial score (nSPS) is 12.0. The highest BCUT2D eigenvalue weighted by Gasteiger charge is 2.15. The number of hydrogen-bond donors (Lipinski definition) is 5. The molecule has 6 N–H and O–H groups in total. The molecule has 0 aromatic rings. The third-order valence-electron chi connectivity index (χ3n) is 1.51. The zero-order valence-electron chi connectivity index (χ0n) is 7.90. The number of carboxylic acid groups (broad SMARTS) is 2. The third-order valence-corrected chi connectivity index (χ3v) is 1.51. The first kappa shape index (κ1) is 13.3. The van der Waals surface area contributed by atoms with Crippen LogP contribution in [-0.2, 0) is 14.4 Å². The van der Waals surface area contributed by atoms with Gasteiger partial charge in [-0.15, -0.1) is 0 Å². The number of nitrogens with two attached hydrogens (primary N) is 1. The molecule has 0 aliphatic rings. The number of aliphatic carboxylic acids is 2. The van der Waals surface area contributed by atoms with E-state index in [2.05, 4.69) is 10.9 Å². The predicted octanol–water partition coefficient (Wildman–Crippen LogP) is -2.12. The van der Waals surface area contributed by atoms with E-state index in [0.717, 1.165) is 0 Å². The summed E-state index contributed by atoms with van der Waals surface area (Å²) in [5.74, 6) is -2.90. The molecule has 0 spiro atoms. The van der Waals surface area contributed by atoms with E-state index >= 15 is 0 Å². The van der Waals surface area contributed by atoms with Gasteiger partial charge in [-0.3, -0.25) is 14.4 Å². The van der Waals surface area contributed by atoms with E-state index in [1.165, 1.54) is 0 Å². The van der Waals surface area contributed by atoms with E-state index in [1.807, 2.05) is 0 Å². The second kappa shape index (κ2) is 6.74. The molecule has 1 amide bonds. The van der Waals surface area contributed by atoms with E-state index < -0.39 is 30.4 Å². The Morgan fingerprint density at radius 3 is 2.20 bits per heavy atom. The summed E-state index contributed by atoms with van der Waals surface area (Å²) in [6.07, 6.45) is -0.230. The number of hydrazine groups is 1. The number of nitrogens with one attached hydrogen (secondary N) is 2. The Labute approximate surface area is 85.4 Å². The molecule has 0 unspecified atom stereocenters. The van der Waals surface area contributed by atoms with Gasteiger partial charge >= 0.3 is 11.9 Å². The Hall–Kier alpha value is -1.67. The van der Waals surface area contributed by atoms with E-state index in [0.29, 0.717) is 0 Å². The minimum Gasteiger partial charge on any atom is -0.481 e. The lowest BCUT2D eigenvalue weighted by atomic mass is 10.1. The van der Waals surface area contributed by atoms with Crippen LogP contribution in [0, 0.1) is 0 Å². The topological polar surface area (TPSA) is 142 Å². The molecule has 0 aliphatic heterocycles. The van der Waals surface area contributed by atoms with Gasteiger partial charge in [0.1, 0.15) is 12.6 Å². The number of carbonyl (C=O) groups is 3. The number of primary amides is 1. The lowest BCUT2D eigenvalue weighted by Crippen LogP contribution is -2.49. The van der Waals surface area contributed by atoms with Crippen molar-refractivity contribution >= 4 is 17.8 Å². The molecule has 0 rings (SSSR count). The summed E-state index contributed by atoms with van der Waals surface area (Å²) < 4.78 is 0. The maximum absolute atomic E-state index is 10.8. The van der Waals surface area contributed by atoms with Crippen LogP contribution in [0.25, 0.3) is 0 Å². The minimum absolute atomic E-state index is 0.00269. The highest BCUT2D eigenvalue weighted by atomic mass is 16.4. The lowest BCUT2D eigenvalue weighted by molar-refractivity contribution is -0.138. The van der Waals surface area contributed by atoms with Crippen molar-refractivity contribution in [2.75, 3.05) is 6.54 Å². The fourth-order valence-corrected chi connectivity index (χ4v) is 0.803. The molecule has 0 heterocycles. The molecule has 0 radical (unpaired) electrons. The van der Waals surface area contributed by atoms with Gasteiger partial charge in [-0.05, 0) is 6.42 Å². The number of hydrogen-bond acceptors (Lipinski definition) is 5. The van der Waals surface area contributed by atoms with Gasteiger partial charge < -0.3 is 15.9 Å². The first-order chi connectivity index (χ1) is 6.93. The van der Waals surface area contributed by atoms with Crippen molar-refractivity contribution in [1.29, 1.82) is 0 Å². The summed E-state index contributed by atoms with van der Waals surface area (Å²) in [4.78, 5) is 31.1. The third kappa shape index (κ3) is 7.40. The molecule has 0 aromatic heterocycles. The fraction of sp³-hybridized carbons (Fsp3) is 0.571. The molecule has 0 fully saturated rings. The number of carbonyl (C=O) groups excluding carboxylic acids is 1. The molecule has 1 atom stereocenters. The molecule has 8 nitrogen and oxygen atoms in total. The van der Waals surface area contributed by atoms with Gasteiger partial charge in [-0.1, -0.05) is 0 Å². The van der Waals surface area contributed by atoms with Crippen LogP contribution in [0.2, 0.25) is 0 Å². The van der Waals surface area contributed by atoms with Gasteiger partial charge in [-0.2, -0.15) is 0 Å². The minimum atomic E-state index is -1.11. The van der Waals surface area contributed by atoms with Gasteiger partial charge in [0.2, 0.25) is 5.91 Å². The summed E-state index contributed by atoms with van der Waals surface area (Å²) >= 11 is 0. The summed E-state index contributed by atoms with van der Waals surface area (Å²) in [6.45, 7) is -0.392. The Morgan fingerprint density at radius 2 is 1.80 bits per heavy atom. The van der Waals surface area contributed by atoms with Crippen LogP contribution in [0.1, 0.15) is 12.8 Å². The summed E-state index contributed by atoms with van der Waals surface area (Å²) in [6, 6.07) is -0.902. The number of carboxylic acids is 2. The van der Waals surface area contributed by atoms with Crippen LogP contribution in [0.15, 0.2) is 0 Å². The highest BCUT2D eigenvalue weighted by Crippen LogP contribution is 1.95. The van der Waals surface area contributed by atoms with Crippen LogP contribution in [0.3, 0.4) is 0 Å². The largest absolute Gasteiger partial charge is 0.481 e. The van der Waals surface area contributed by atoms with Crippen LogP contribution in [0.5, 0.6) is 0 Å². The quantitative estimate of drug-likeness (QED) is 0.294. The van der Waals surface area contributed by atoms with Crippen molar-refractivity contribution in [3.8, 4) is 0 Å². The maximum Gasteiger partial charge on any atom is 0.318 e. The highest BCUT2D eigenvalue weighted by molar-refractivity contribution is 5.80. The molecule has 0 bridgehead atoms. The molecule has 15 heavy (non-hydrogen) atoms. The molecular formula is C7H13N3O5. The SMILES string of the molecule is NC(=O)[C@H](CCC(=O)O)NNCC(=O)O. The molecule has 0 aliphatic carbocycles. The molecule has 0 aromatic carbocycles. The van der Waals surface area contributed by atoms with Crippen LogP contribution in [-0.4, -0.2) is 40.6 Å². The van der Waals surface area contributed by atoms with Gasteiger partial charge in [0.15, 0.2) is 0 Å². The first-order valence-electron chi connectivity index (χ1n) is 4.14. The monoisotopic (exact) mass is 219 g/mol.